The van der Waals surface area contributed by atoms with Crippen LogP contribution in [0.25, 0.3) is 0 Å². The molecule has 1 fully saturated rings. The minimum Gasteiger partial charge on any atom is -0.374 e. The van der Waals surface area contributed by atoms with E-state index in [0.717, 1.165) is 12.5 Å². The predicted molar refractivity (Wildman–Crippen MR) is 51.3 cm³/mol. The molecule has 0 aromatic carbocycles. The van der Waals surface area contributed by atoms with Crippen molar-refractivity contribution in [2.24, 2.45) is 5.92 Å². The van der Waals surface area contributed by atoms with Gasteiger partial charge in [0, 0.05) is 13.1 Å². The average Bonchev–Trinajstić information content (AvgIpc) is 1.81. The van der Waals surface area contributed by atoms with E-state index in [9.17, 15) is 0 Å². The summed E-state index contributed by atoms with van der Waals surface area (Å²) in [5, 5.41) is 0. The van der Waals surface area contributed by atoms with Crippen LogP contribution < -0.4 is 0 Å². The molecule has 1 aliphatic rings. The summed E-state index contributed by atoms with van der Waals surface area (Å²) in [7, 11) is 2.17. The van der Waals surface area contributed by atoms with E-state index in [4.69, 9.17) is 4.74 Å². The second kappa shape index (κ2) is 4.24. The third-order valence-corrected chi connectivity index (χ3v) is 2.27. The molecule has 0 amide bonds. The van der Waals surface area contributed by atoms with Gasteiger partial charge in [-0.1, -0.05) is 6.92 Å². The molecule has 0 N–H and O–H groups in total. The van der Waals surface area contributed by atoms with Gasteiger partial charge in [0.2, 0.25) is 0 Å². The van der Waals surface area contributed by atoms with Crippen LogP contribution >= 0.6 is 0 Å². The largest absolute Gasteiger partial charge is 0.374 e. The van der Waals surface area contributed by atoms with Crippen molar-refractivity contribution in [3.8, 4) is 0 Å². The van der Waals surface area contributed by atoms with Crippen LogP contribution in [0.4, 0.5) is 0 Å². The topological polar surface area (TPSA) is 12.5 Å². The third-order valence-electron chi connectivity index (χ3n) is 2.27. The first-order valence-corrected chi connectivity index (χ1v) is 4.92. The zero-order valence-electron chi connectivity index (χ0n) is 8.71. The van der Waals surface area contributed by atoms with E-state index in [0.29, 0.717) is 12.2 Å². The summed E-state index contributed by atoms with van der Waals surface area (Å²) in [5.41, 5.74) is 0. The monoisotopic (exact) mass is 171 g/mol. The van der Waals surface area contributed by atoms with Crippen molar-refractivity contribution in [2.75, 3.05) is 20.1 Å². The van der Waals surface area contributed by atoms with Crippen LogP contribution in [0.2, 0.25) is 0 Å². The quantitative estimate of drug-likeness (QED) is 0.627. The second-order valence-corrected chi connectivity index (χ2v) is 4.37. The van der Waals surface area contributed by atoms with Gasteiger partial charge in [-0.05, 0) is 33.2 Å². The molecule has 0 bridgehead atoms. The van der Waals surface area contributed by atoms with Crippen molar-refractivity contribution < 1.29 is 4.74 Å². The minimum atomic E-state index is 0.369. The third kappa shape index (κ3) is 3.11. The second-order valence-electron chi connectivity index (χ2n) is 4.37. The summed E-state index contributed by atoms with van der Waals surface area (Å²) >= 11 is 0. The molecule has 1 heterocycles. The van der Waals surface area contributed by atoms with Gasteiger partial charge in [-0.2, -0.15) is 0 Å². The molecule has 0 aliphatic carbocycles. The van der Waals surface area contributed by atoms with Crippen LogP contribution in [-0.4, -0.2) is 37.2 Å². The Morgan fingerprint density at radius 3 is 2.50 bits per heavy atom. The molecule has 0 unspecified atom stereocenters. The smallest absolute Gasteiger partial charge is 0.0708 e. The first-order valence-electron chi connectivity index (χ1n) is 4.92. The Morgan fingerprint density at radius 1 is 1.33 bits per heavy atom. The summed E-state index contributed by atoms with van der Waals surface area (Å²) in [6, 6.07) is 0. The van der Waals surface area contributed by atoms with Crippen LogP contribution in [-0.2, 0) is 4.74 Å². The van der Waals surface area contributed by atoms with Gasteiger partial charge in [-0.25, -0.2) is 0 Å². The molecule has 72 valence electrons. The normalized spacial score (nSPS) is 32.8. The molecule has 12 heavy (non-hydrogen) atoms. The summed E-state index contributed by atoms with van der Waals surface area (Å²) < 4.78 is 5.79. The molecule has 0 saturated carbocycles. The Kier molecular flexibility index (Phi) is 3.53. The van der Waals surface area contributed by atoms with Gasteiger partial charge in [0.1, 0.15) is 0 Å². The highest BCUT2D eigenvalue weighted by Crippen LogP contribution is 2.18. The van der Waals surface area contributed by atoms with E-state index in [1.54, 1.807) is 0 Å². The zero-order valence-corrected chi connectivity index (χ0v) is 8.71. The summed E-state index contributed by atoms with van der Waals surface area (Å²) in [6.07, 6.45) is 2.05. The Morgan fingerprint density at radius 2 is 2.00 bits per heavy atom. The molecular formula is C10H21NO. The number of hydrogen-bond donors (Lipinski definition) is 0. The lowest BCUT2D eigenvalue weighted by atomic mass is 9.98. The van der Waals surface area contributed by atoms with E-state index < -0.39 is 0 Å². The first-order chi connectivity index (χ1) is 5.58. The number of likely N-dealkylation sites (N-methyl/N-ethyl adjacent to an activating group) is 1. The Labute approximate surface area is 75.9 Å². The van der Waals surface area contributed by atoms with E-state index in [-0.39, 0.29) is 0 Å². The van der Waals surface area contributed by atoms with Gasteiger partial charge in [0.15, 0.2) is 0 Å². The molecule has 2 heteroatoms. The summed E-state index contributed by atoms with van der Waals surface area (Å²) in [4.78, 5) is 2.36. The molecule has 1 saturated heterocycles. The van der Waals surface area contributed by atoms with E-state index in [1.165, 1.54) is 13.0 Å². The Hall–Kier alpha value is -0.0800. The number of rotatable bonds is 2. The SMILES string of the molecule is CC(C)O[C@@H]1C[C@H](C)CN(C)C1. The fourth-order valence-corrected chi connectivity index (χ4v) is 2.04. The van der Waals surface area contributed by atoms with Crippen LogP contribution in [0.3, 0.4) is 0 Å². The van der Waals surface area contributed by atoms with Crippen LogP contribution in [0, 0.1) is 5.92 Å². The number of likely N-dealkylation sites (tertiary alicyclic amines) is 1. The van der Waals surface area contributed by atoms with Crippen molar-refractivity contribution in [2.45, 2.75) is 39.4 Å². The molecule has 1 aliphatic heterocycles. The molecule has 2 nitrogen and oxygen atoms in total. The Bertz CT molecular complexity index is 123. The van der Waals surface area contributed by atoms with Crippen molar-refractivity contribution in [1.82, 2.24) is 4.90 Å². The molecule has 2 atom stereocenters. The highest BCUT2D eigenvalue weighted by Gasteiger charge is 2.23. The molecule has 1 rings (SSSR count). The van der Waals surface area contributed by atoms with Crippen LogP contribution in [0.5, 0.6) is 0 Å². The highest BCUT2D eigenvalue weighted by atomic mass is 16.5. The molecule has 0 aromatic rings. The van der Waals surface area contributed by atoms with Gasteiger partial charge in [0.05, 0.1) is 12.2 Å². The standard InChI is InChI=1S/C10H21NO/c1-8(2)12-10-5-9(3)6-11(4)7-10/h8-10H,5-7H2,1-4H3/t9-,10+/m0/s1. The van der Waals surface area contributed by atoms with Gasteiger partial charge in [-0.15, -0.1) is 0 Å². The lowest BCUT2D eigenvalue weighted by Gasteiger charge is -2.34. The van der Waals surface area contributed by atoms with E-state index in [1.807, 2.05) is 0 Å². The van der Waals surface area contributed by atoms with Crippen molar-refractivity contribution in [3.05, 3.63) is 0 Å². The molecule has 0 spiro atoms. The van der Waals surface area contributed by atoms with Crippen LogP contribution in [0.15, 0.2) is 0 Å². The first kappa shape index (κ1) is 10.0. The van der Waals surface area contributed by atoms with Gasteiger partial charge in [-0.3, -0.25) is 0 Å². The van der Waals surface area contributed by atoms with Gasteiger partial charge >= 0.3 is 0 Å². The molecular weight excluding hydrogens is 150 g/mol. The summed E-state index contributed by atoms with van der Waals surface area (Å²) in [6.45, 7) is 8.84. The highest BCUT2D eigenvalue weighted by molar-refractivity contribution is 4.75. The van der Waals surface area contributed by atoms with E-state index in [2.05, 4.69) is 32.7 Å². The van der Waals surface area contributed by atoms with Gasteiger partial charge in [0.25, 0.3) is 0 Å². The number of nitrogens with zero attached hydrogens (tertiary/aromatic N) is 1. The molecule has 0 radical (unpaired) electrons. The minimum absolute atomic E-state index is 0.369. The van der Waals surface area contributed by atoms with Crippen molar-refractivity contribution in [1.29, 1.82) is 0 Å². The lowest BCUT2D eigenvalue weighted by molar-refractivity contribution is -0.0405. The van der Waals surface area contributed by atoms with Crippen molar-refractivity contribution >= 4 is 0 Å². The lowest BCUT2D eigenvalue weighted by Crippen LogP contribution is -2.42. The fraction of sp³-hybridized carbons (Fsp3) is 1.00. The predicted octanol–water partition coefficient (Wildman–Crippen LogP) is 1.75. The maximum absolute atomic E-state index is 5.79. The summed E-state index contributed by atoms with van der Waals surface area (Å²) in [5.74, 6) is 0.785. The Balaban J connectivity index is 2.34. The van der Waals surface area contributed by atoms with E-state index >= 15 is 0 Å². The maximum Gasteiger partial charge on any atom is 0.0708 e. The van der Waals surface area contributed by atoms with Crippen LogP contribution in [0.1, 0.15) is 27.2 Å². The molecule has 0 aromatic heterocycles. The zero-order chi connectivity index (χ0) is 9.14. The van der Waals surface area contributed by atoms with Crippen molar-refractivity contribution in [3.63, 3.8) is 0 Å². The fourth-order valence-electron chi connectivity index (χ4n) is 2.04. The van der Waals surface area contributed by atoms with Gasteiger partial charge < -0.3 is 9.64 Å². The average molecular weight is 171 g/mol. The number of piperidine rings is 1. The number of hydrogen-bond acceptors (Lipinski definition) is 2. The maximum atomic E-state index is 5.79. The number of ether oxygens (including phenoxy) is 1.